The van der Waals surface area contributed by atoms with Crippen LogP contribution in [0.15, 0.2) is 136 Å². The fourth-order valence-corrected chi connectivity index (χ4v) is 7.46. The Bertz CT molecular complexity index is 3520. The maximum absolute atomic E-state index is 12.0. The third-order valence-electron chi connectivity index (χ3n) is 10.3. The van der Waals surface area contributed by atoms with Crippen molar-refractivity contribution in [3.05, 3.63) is 165 Å². The summed E-state index contributed by atoms with van der Waals surface area (Å²) in [5, 5.41) is 8.92. The van der Waals surface area contributed by atoms with Crippen molar-refractivity contribution in [3.8, 4) is 22.8 Å². The lowest BCUT2D eigenvalue weighted by atomic mass is 10.1. The highest BCUT2D eigenvalue weighted by molar-refractivity contribution is 9.10. The van der Waals surface area contributed by atoms with Crippen molar-refractivity contribution in [2.75, 3.05) is 11.5 Å². The molecule has 0 atom stereocenters. The first-order chi connectivity index (χ1) is 35.1. The number of anilines is 2. The zero-order valence-corrected chi connectivity index (χ0v) is 41.3. The van der Waals surface area contributed by atoms with Crippen LogP contribution in [0.4, 0.5) is 28.4 Å². The van der Waals surface area contributed by atoms with Crippen LogP contribution in [-0.4, -0.2) is 92.3 Å². The van der Waals surface area contributed by atoms with Gasteiger partial charge in [0.15, 0.2) is 39.3 Å². The van der Waals surface area contributed by atoms with Crippen molar-refractivity contribution in [3.63, 3.8) is 0 Å². The molecule has 0 unspecified atom stereocenters. The highest BCUT2D eigenvalue weighted by atomic mass is 79.9. The number of primary amides is 2. The summed E-state index contributed by atoms with van der Waals surface area (Å²) in [6, 6.07) is 16.2. The molecule has 0 spiro atoms. The fourth-order valence-electron chi connectivity index (χ4n) is 6.81. The van der Waals surface area contributed by atoms with E-state index in [0.717, 1.165) is 15.6 Å². The van der Waals surface area contributed by atoms with E-state index in [4.69, 9.17) is 46.1 Å². The molecule has 10 heterocycles. The number of nitrogens with two attached hydrogens (primary N) is 4. The number of aliphatic imine (C=N–C) groups is 3. The largest absolute Gasteiger partial charge is 0.397 e. The predicted molar refractivity (Wildman–Crippen MR) is 280 cm³/mol. The van der Waals surface area contributed by atoms with E-state index < -0.39 is 11.8 Å². The number of hydrogen-bond acceptors (Lipinski definition) is 17. The van der Waals surface area contributed by atoms with Crippen LogP contribution in [-0.2, 0) is 0 Å². The lowest BCUT2D eigenvalue weighted by molar-refractivity contribution is 0.0992. The van der Waals surface area contributed by atoms with Gasteiger partial charge in [0.25, 0.3) is 11.8 Å². The van der Waals surface area contributed by atoms with Gasteiger partial charge < -0.3 is 22.9 Å². The van der Waals surface area contributed by atoms with Crippen LogP contribution >= 0.6 is 39.1 Å². The smallest absolute Gasteiger partial charge is 0.250 e. The summed E-state index contributed by atoms with van der Waals surface area (Å²) in [4.78, 5) is 88.5. The summed E-state index contributed by atoms with van der Waals surface area (Å²) in [5.41, 5.74) is 28.4. The van der Waals surface area contributed by atoms with Crippen molar-refractivity contribution < 1.29 is 24.0 Å². The third kappa shape index (κ3) is 12.7. The Morgan fingerprint density at radius 1 is 0.589 bits per heavy atom. The molecule has 0 radical (unpaired) electrons. The van der Waals surface area contributed by atoms with Crippen LogP contribution in [0.5, 0.6) is 0 Å². The van der Waals surface area contributed by atoms with E-state index in [9.17, 15) is 24.0 Å². The number of pyridine rings is 5. The average Bonchev–Trinajstić information content (AvgIpc) is 4.06. The van der Waals surface area contributed by atoms with Gasteiger partial charge in [-0.2, -0.15) is 10.2 Å². The minimum absolute atomic E-state index is 0.0456. The molecule has 8 aromatic rings. The van der Waals surface area contributed by atoms with Crippen molar-refractivity contribution in [1.82, 2.24) is 44.5 Å². The summed E-state index contributed by atoms with van der Waals surface area (Å²) >= 11 is 14.6. The number of nitrogens with zero attached hydrogens (tertiary/aromatic N) is 12. The Balaban J connectivity index is 0.000000139. The zero-order chi connectivity index (χ0) is 52.2. The van der Waals surface area contributed by atoms with Crippen LogP contribution in [0.3, 0.4) is 0 Å². The van der Waals surface area contributed by atoms with Gasteiger partial charge in [0, 0.05) is 104 Å². The molecular formula is C49H39BrCl2N16O5. The Morgan fingerprint density at radius 3 is 1.60 bits per heavy atom. The van der Waals surface area contributed by atoms with E-state index in [1.807, 2.05) is 18.3 Å². The second-order valence-corrected chi connectivity index (χ2v) is 16.9. The molecule has 366 valence electrons. The molecule has 21 nitrogen and oxygen atoms in total. The molecule has 0 fully saturated rings. The number of Topliss-reactive ketones (excluding diaryl/α,β-unsaturated/α-hetero) is 3. The van der Waals surface area contributed by atoms with Crippen molar-refractivity contribution in [2.45, 2.75) is 26.2 Å². The van der Waals surface area contributed by atoms with E-state index in [1.165, 1.54) is 42.5 Å². The van der Waals surface area contributed by atoms with E-state index in [0.29, 0.717) is 75.9 Å². The molecule has 3 aliphatic heterocycles. The van der Waals surface area contributed by atoms with Crippen molar-refractivity contribution in [1.29, 1.82) is 0 Å². The molecule has 73 heavy (non-hydrogen) atoms. The molecule has 3 aliphatic rings. The number of carbonyl (C=O) groups excluding carboxylic acids is 5. The van der Waals surface area contributed by atoms with E-state index >= 15 is 0 Å². The number of amides is 2. The monoisotopic (exact) mass is 1080 g/mol. The quantitative estimate of drug-likeness (QED) is 0.119. The average molecular weight is 1080 g/mol. The molecule has 0 saturated heterocycles. The lowest BCUT2D eigenvalue weighted by Gasteiger charge is -2.11. The molecule has 1 aromatic carbocycles. The van der Waals surface area contributed by atoms with E-state index in [1.54, 1.807) is 77.2 Å². The van der Waals surface area contributed by atoms with Gasteiger partial charge in [-0.3, -0.25) is 43.9 Å². The summed E-state index contributed by atoms with van der Waals surface area (Å²) in [6.45, 7) is 2.06. The molecule has 0 bridgehead atoms. The number of hydrogen-bond donors (Lipinski definition) is 4. The Kier molecular flexibility index (Phi) is 16.9. The number of aromatic nitrogens is 9. The molecule has 2 amide bonds. The van der Waals surface area contributed by atoms with Gasteiger partial charge in [-0.15, -0.1) is 0 Å². The van der Waals surface area contributed by atoms with Gasteiger partial charge in [-0.1, -0.05) is 53.0 Å². The minimum Gasteiger partial charge on any atom is -0.397 e. The number of carbonyl (C=O) groups is 5. The third-order valence-corrected chi connectivity index (χ3v) is 11.3. The van der Waals surface area contributed by atoms with Crippen LogP contribution < -0.4 is 22.9 Å². The minimum atomic E-state index is -0.605. The SMILES string of the molecule is Cc1cccc(-c2cnn(-c3nccc4c3N=CCC4=O)c2)c1.NC(=O)c1ccnc(Cl)c1N.NC(=O)c1ccncc1N.O=C1CC=Nc2c1ccnc2-n1cc(Br)cn1.O=C1CC=Nc2c1ccnc2Cl. The summed E-state index contributed by atoms with van der Waals surface area (Å²) in [7, 11) is 0. The number of aryl methyl sites for hydroxylation is 1. The second-order valence-electron chi connectivity index (χ2n) is 15.3. The van der Waals surface area contributed by atoms with Gasteiger partial charge >= 0.3 is 0 Å². The Labute approximate surface area is 433 Å². The van der Waals surface area contributed by atoms with Crippen LogP contribution in [0.25, 0.3) is 22.8 Å². The number of rotatable bonds is 5. The van der Waals surface area contributed by atoms with Gasteiger partial charge in [0.1, 0.15) is 17.1 Å². The number of halogens is 3. The molecule has 0 saturated carbocycles. The Hall–Kier alpha value is -8.99. The number of nitrogen functional groups attached to an aromatic ring is 2. The van der Waals surface area contributed by atoms with E-state index in [-0.39, 0.29) is 38.9 Å². The topological polar surface area (TPSA) is 327 Å². The molecule has 24 heteroatoms. The maximum Gasteiger partial charge on any atom is 0.250 e. The summed E-state index contributed by atoms with van der Waals surface area (Å²) < 4.78 is 4.12. The van der Waals surface area contributed by atoms with Crippen LogP contribution in [0.1, 0.15) is 76.6 Å². The lowest BCUT2D eigenvalue weighted by Crippen LogP contribution is -2.13. The zero-order valence-electron chi connectivity index (χ0n) is 38.2. The molecule has 8 N–H and O–H groups in total. The summed E-state index contributed by atoms with van der Waals surface area (Å²) in [6.07, 6.45) is 21.9. The standard InChI is InChI=1S/C18H14N4O.C11H7BrN4O.C8H5ClN2O.C6H6ClN3O.C6H7N3O/c1-12-3-2-4-13(9-12)14-10-21-22(11-14)18-17-15(5-7-20-18)16(23)6-8-19-17;12-7-5-15-16(6-7)11-10-8(1-3-14-11)9(17)2-4-13-10;9-8-7-5(1-3-11-8)6(12)2-4-10-7;7-5-4(8)3(6(9)11)1-2-10-5;7-5-3-9-2-1-4(5)6(8)10/h2-5,7-11H,6H2,1H3;1,3-6H,2H2;1,3-4H,2H2;1-2H,8H2,(H2,9,11);1-3H,7H2,(H2,8,10). The van der Waals surface area contributed by atoms with Gasteiger partial charge in [-0.25, -0.2) is 29.3 Å². The highest BCUT2D eigenvalue weighted by Gasteiger charge is 2.22. The van der Waals surface area contributed by atoms with Gasteiger partial charge in [0.05, 0.1) is 45.6 Å². The van der Waals surface area contributed by atoms with Crippen molar-refractivity contribution in [2.24, 2.45) is 26.4 Å². The maximum atomic E-state index is 12.0. The second kappa shape index (κ2) is 23.7. The number of fused-ring (bicyclic) bond motifs is 3. The van der Waals surface area contributed by atoms with Crippen molar-refractivity contribution >= 4 is 115 Å². The first kappa shape index (κ1) is 51.8. The van der Waals surface area contributed by atoms with Crippen LogP contribution in [0.2, 0.25) is 10.3 Å². The van der Waals surface area contributed by atoms with Crippen LogP contribution in [0, 0.1) is 6.92 Å². The highest BCUT2D eigenvalue weighted by Crippen LogP contribution is 2.32. The van der Waals surface area contributed by atoms with Gasteiger partial charge in [0.2, 0.25) is 0 Å². The number of benzene rings is 1. The normalized spacial score (nSPS) is 12.5. The molecular weight excluding hydrogens is 1040 g/mol. The molecule has 0 aliphatic carbocycles. The predicted octanol–water partition coefficient (Wildman–Crippen LogP) is 8.05. The Morgan fingerprint density at radius 2 is 1.10 bits per heavy atom. The first-order valence-electron chi connectivity index (χ1n) is 21.4. The summed E-state index contributed by atoms with van der Waals surface area (Å²) in [5.74, 6) is 0.175. The fraction of sp³-hybridized carbons (Fsp3) is 0.0816. The number of ketones is 3. The molecule has 7 aromatic heterocycles. The van der Waals surface area contributed by atoms with Gasteiger partial charge in [-0.05, 0) is 58.7 Å². The first-order valence-corrected chi connectivity index (χ1v) is 23.0. The van der Waals surface area contributed by atoms with E-state index in [2.05, 4.69) is 85.1 Å². The molecule has 11 rings (SSSR count).